The fourth-order valence-electron chi connectivity index (χ4n) is 3.40. The molecule has 5 nitrogen and oxygen atoms in total. The molecule has 0 spiro atoms. The summed E-state index contributed by atoms with van der Waals surface area (Å²) in [6, 6.07) is 14.4. The summed E-state index contributed by atoms with van der Waals surface area (Å²) >= 11 is 2.13. The van der Waals surface area contributed by atoms with E-state index in [0.29, 0.717) is 23.6 Å². The topological polar surface area (TPSA) is 66.9 Å². The maximum atomic E-state index is 13.7. The number of nitrogens with zero attached hydrogens (tertiary/aromatic N) is 2. The third-order valence-corrected chi connectivity index (χ3v) is 5.88. The molecular weight excluding hydrogens is 575 g/mol. The lowest BCUT2D eigenvalue weighted by atomic mass is 9.99. The number of aryl methyl sites for hydroxylation is 1. The quantitative estimate of drug-likeness (QED) is 0.190. The number of benzene rings is 3. The summed E-state index contributed by atoms with van der Waals surface area (Å²) in [5, 5.41) is 5.79. The Labute approximate surface area is 211 Å². The van der Waals surface area contributed by atoms with Crippen LogP contribution in [0.4, 0.5) is 34.8 Å². The average molecular weight is 592 g/mol. The predicted molar refractivity (Wildman–Crippen MR) is 134 cm³/mol. The summed E-state index contributed by atoms with van der Waals surface area (Å²) in [6.45, 7) is 1.90. The van der Waals surface area contributed by atoms with Gasteiger partial charge in [-0.25, -0.2) is 14.4 Å². The predicted octanol–water partition coefficient (Wildman–Crippen LogP) is 7.21. The van der Waals surface area contributed by atoms with E-state index in [0.717, 1.165) is 32.0 Å². The van der Waals surface area contributed by atoms with Crippen molar-refractivity contribution < 1.29 is 22.4 Å². The fourth-order valence-corrected chi connectivity index (χ4v) is 3.84. The van der Waals surface area contributed by atoms with Crippen LogP contribution in [0.25, 0.3) is 11.1 Å². The molecule has 0 atom stereocenters. The number of amides is 1. The number of rotatable bonds is 5. The molecule has 178 valence electrons. The highest BCUT2D eigenvalue weighted by molar-refractivity contribution is 14.1. The Morgan fingerprint density at radius 1 is 1.00 bits per heavy atom. The van der Waals surface area contributed by atoms with Gasteiger partial charge in [0.2, 0.25) is 0 Å². The van der Waals surface area contributed by atoms with Crippen LogP contribution in [0.15, 0.2) is 73.2 Å². The molecule has 0 aliphatic heterocycles. The van der Waals surface area contributed by atoms with Crippen molar-refractivity contribution in [1.29, 1.82) is 0 Å². The van der Waals surface area contributed by atoms with Gasteiger partial charge in [-0.3, -0.25) is 4.79 Å². The number of alkyl halides is 3. The second-order valence-electron chi connectivity index (χ2n) is 7.64. The van der Waals surface area contributed by atoms with Crippen molar-refractivity contribution in [2.45, 2.75) is 13.1 Å². The van der Waals surface area contributed by atoms with Gasteiger partial charge in [0.05, 0.1) is 9.13 Å². The van der Waals surface area contributed by atoms with E-state index in [1.54, 1.807) is 24.4 Å². The summed E-state index contributed by atoms with van der Waals surface area (Å²) in [4.78, 5) is 20.8. The normalized spacial score (nSPS) is 11.3. The van der Waals surface area contributed by atoms with Gasteiger partial charge in [0.25, 0.3) is 5.91 Å². The number of hydrogen-bond donors (Lipinski definition) is 2. The molecule has 0 bridgehead atoms. The molecule has 0 saturated carbocycles. The van der Waals surface area contributed by atoms with Crippen LogP contribution in [0.1, 0.15) is 21.5 Å². The van der Waals surface area contributed by atoms with Gasteiger partial charge in [0.1, 0.15) is 18.0 Å². The van der Waals surface area contributed by atoms with Gasteiger partial charge in [-0.05, 0) is 88.7 Å². The summed E-state index contributed by atoms with van der Waals surface area (Å²) in [7, 11) is 0. The van der Waals surface area contributed by atoms with E-state index >= 15 is 0 Å². The van der Waals surface area contributed by atoms with Crippen molar-refractivity contribution in [3.05, 3.63) is 99.3 Å². The van der Waals surface area contributed by atoms with Crippen LogP contribution in [-0.2, 0) is 6.18 Å². The van der Waals surface area contributed by atoms with Crippen LogP contribution < -0.4 is 10.6 Å². The smallest absolute Gasteiger partial charge is 0.339 e. The molecule has 10 heteroatoms. The Bertz CT molecular complexity index is 1410. The Balaban J connectivity index is 1.60. The first-order valence-corrected chi connectivity index (χ1v) is 11.3. The van der Waals surface area contributed by atoms with Crippen LogP contribution in [0.2, 0.25) is 0 Å². The molecule has 0 radical (unpaired) electrons. The molecule has 1 amide bonds. The van der Waals surface area contributed by atoms with Gasteiger partial charge < -0.3 is 10.6 Å². The van der Waals surface area contributed by atoms with Crippen molar-refractivity contribution in [3.63, 3.8) is 0 Å². The average Bonchev–Trinajstić information content (AvgIpc) is 2.81. The minimum Gasteiger partial charge on any atom is -0.339 e. The van der Waals surface area contributed by atoms with Gasteiger partial charge in [-0.1, -0.05) is 18.2 Å². The molecular formula is C25H17F4IN4O. The van der Waals surface area contributed by atoms with Gasteiger partial charge in [0, 0.05) is 23.1 Å². The molecule has 0 aliphatic carbocycles. The zero-order valence-electron chi connectivity index (χ0n) is 18.1. The molecule has 0 unspecified atom stereocenters. The van der Waals surface area contributed by atoms with E-state index in [-0.39, 0.29) is 0 Å². The van der Waals surface area contributed by atoms with Gasteiger partial charge in [0.15, 0.2) is 0 Å². The van der Waals surface area contributed by atoms with Crippen LogP contribution in [0, 0.1) is 16.3 Å². The monoisotopic (exact) mass is 592 g/mol. The molecule has 2 N–H and O–H groups in total. The van der Waals surface area contributed by atoms with Crippen molar-refractivity contribution >= 4 is 45.7 Å². The van der Waals surface area contributed by atoms with Crippen LogP contribution in [-0.4, -0.2) is 15.9 Å². The molecule has 0 fully saturated rings. The Morgan fingerprint density at radius 2 is 1.80 bits per heavy atom. The lowest BCUT2D eigenvalue weighted by Gasteiger charge is -2.13. The minimum absolute atomic E-state index is 0.351. The summed E-state index contributed by atoms with van der Waals surface area (Å²) < 4.78 is 53.6. The molecule has 0 saturated heterocycles. The van der Waals surface area contributed by atoms with Crippen molar-refractivity contribution in [2.24, 2.45) is 0 Å². The number of hydrogen-bond acceptors (Lipinski definition) is 4. The van der Waals surface area contributed by atoms with Crippen LogP contribution in [0.3, 0.4) is 0 Å². The SMILES string of the molecule is Cc1ccc(NC(=O)c2cc(F)cc(C(F)(F)F)c2)cc1-c1cccc(Nc2ncncc2I)c1. The molecule has 4 aromatic rings. The number of anilines is 3. The van der Waals surface area contributed by atoms with Crippen molar-refractivity contribution in [2.75, 3.05) is 10.6 Å². The standard InChI is InChI=1S/C25H17F4IN4O/c1-14-5-6-20(34-24(35)16-7-17(25(27,28)29)10-18(26)8-16)11-21(14)15-3-2-4-19(9-15)33-23-22(30)12-31-13-32-23/h2-13H,1H3,(H,34,35)(H,31,32,33). The third kappa shape index (κ3) is 5.94. The maximum Gasteiger partial charge on any atom is 0.416 e. The highest BCUT2D eigenvalue weighted by atomic mass is 127. The summed E-state index contributed by atoms with van der Waals surface area (Å²) in [6.07, 6.45) is -1.63. The number of halogens is 5. The minimum atomic E-state index is -4.77. The summed E-state index contributed by atoms with van der Waals surface area (Å²) in [5.74, 6) is -1.33. The largest absolute Gasteiger partial charge is 0.416 e. The van der Waals surface area contributed by atoms with Crippen molar-refractivity contribution in [1.82, 2.24) is 9.97 Å². The summed E-state index contributed by atoms with van der Waals surface area (Å²) in [5.41, 5.74) is 2.06. The van der Waals surface area contributed by atoms with Crippen molar-refractivity contribution in [3.8, 4) is 11.1 Å². The van der Waals surface area contributed by atoms with E-state index in [1.165, 1.54) is 6.33 Å². The van der Waals surface area contributed by atoms with E-state index in [1.807, 2.05) is 31.2 Å². The number of aromatic nitrogens is 2. The molecule has 3 aromatic carbocycles. The first-order valence-electron chi connectivity index (χ1n) is 10.2. The van der Waals surface area contributed by atoms with E-state index in [4.69, 9.17) is 0 Å². The van der Waals surface area contributed by atoms with Gasteiger partial charge in [-0.2, -0.15) is 13.2 Å². The van der Waals surface area contributed by atoms with Crippen LogP contribution in [0.5, 0.6) is 0 Å². The zero-order chi connectivity index (χ0) is 25.2. The fraction of sp³-hybridized carbons (Fsp3) is 0.0800. The molecule has 4 rings (SSSR count). The molecule has 35 heavy (non-hydrogen) atoms. The second kappa shape index (κ2) is 9.98. The maximum absolute atomic E-state index is 13.7. The second-order valence-corrected chi connectivity index (χ2v) is 8.80. The number of carbonyl (C=O) groups excluding carboxylic acids is 1. The van der Waals surface area contributed by atoms with Crippen LogP contribution >= 0.6 is 22.6 Å². The third-order valence-electron chi connectivity index (χ3n) is 5.09. The zero-order valence-corrected chi connectivity index (χ0v) is 20.3. The number of carbonyl (C=O) groups is 1. The first kappa shape index (κ1) is 24.6. The van der Waals surface area contributed by atoms with Gasteiger partial charge in [-0.15, -0.1) is 0 Å². The highest BCUT2D eigenvalue weighted by Crippen LogP contribution is 2.32. The lowest BCUT2D eigenvalue weighted by molar-refractivity contribution is -0.137. The first-order chi connectivity index (χ1) is 16.6. The number of nitrogens with one attached hydrogen (secondary N) is 2. The Morgan fingerprint density at radius 3 is 2.54 bits per heavy atom. The molecule has 1 heterocycles. The Kier molecular flexibility index (Phi) is 7.01. The Hall–Kier alpha value is -3.54. The molecule has 0 aliphatic rings. The van der Waals surface area contributed by atoms with E-state index < -0.39 is 29.0 Å². The van der Waals surface area contributed by atoms with E-state index in [9.17, 15) is 22.4 Å². The van der Waals surface area contributed by atoms with Gasteiger partial charge >= 0.3 is 6.18 Å². The molecule has 1 aromatic heterocycles. The van der Waals surface area contributed by atoms with E-state index in [2.05, 4.69) is 43.2 Å². The highest BCUT2D eigenvalue weighted by Gasteiger charge is 2.32. The lowest BCUT2D eigenvalue weighted by Crippen LogP contribution is -2.14.